The Morgan fingerprint density at radius 2 is 1.68 bits per heavy atom. The van der Waals surface area contributed by atoms with Gasteiger partial charge in [0, 0.05) is 18.8 Å². The molecule has 1 fully saturated rings. The van der Waals surface area contributed by atoms with Gasteiger partial charge in [-0.3, -0.25) is 4.79 Å². The summed E-state index contributed by atoms with van der Waals surface area (Å²) in [6, 6.07) is 0. The Hall–Kier alpha value is -1.33. The van der Waals surface area contributed by atoms with Crippen molar-refractivity contribution >= 4 is 5.78 Å². The van der Waals surface area contributed by atoms with Crippen molar-refractivity contribution in [2.75, 3.05) is 19.7 Å². The summed E-state index contributed by atoms with van der Waals surface area (Å²) in [7, 11) is 0. The minimum atomic E-state index is -0.494. The van der Waals surface area contributed by atoms with Gasteiger partial charge in [0.25, 0.3) is 0 Å². The largest absolute Gasteiger partial charge is 0.388 e. The first-order chi connectivity index (χ1) is 10.6. The van der Waals surface area contributed by atoms with E-state index in [1.807, 2.05) is 27.7 Å². The minimum absolute atomic E-state index is 0.244. The summed E-state index contributed by atoms with van der Waals surface area (Å²) in [6.07, 6.45) is 6.08. The molecular formula is C17H31N3O2. The molecule has 126 valence electrons. The van der Waals surface area contributed by atoms with Gasteiger partial charge in [-0.1, -0.05) is 34.6 Å². The van der Waals surface area contributed by atoms with Crippen LogP contribution in [0, 0.1) is 5.41 Å². The Labute approximate surface area is 134 Å². The molecule has 1 saturated heterocycles. The highest BCUT2D eigenvalue weighted by Gasteiger charge is 2.27. The number of hydrogen-bond acceptors (Lipinski definition) is 5. The molecule has 1 aliphatic rings. The van der Waals surface area contributed by atoms with Crippen molar-refractivity contribution in [2.45, 2.75) is 53.9 Å². The number of Topliss-reactive ketones (excluding diaryl/α,β-unsaturated/α-hetero) is 1. The first kappa shape index (κ1) is 20.7. The van der Waals surface area contributed by atoms with Crippen LogP contribution in [-0.2, 0) is 6.42 Å². The molecule has 0 aliphatic carbocycles. The Morgan fingerprint density at radius 3 is 2.14 bits per heavy atom. The molecule has 0 atom stereocenters. The van der Waals surface area contributed by atoms with Gasteiger partial charge in [0.05, 0.1) is 5.56 Å². The summed E-state index contributed by atoms with van der Waals surface area (Å²) >= 11 is 0. The molecule has 0 unspecified atom stereocenters. The molecule has 0 bridgehead atoms. The van der Waals surface area contributed by atoms with Crippen molar-refractivity contribution < 1.29 is 9.90 Å². The number of carbonyl (C=O) groups is 1. The summed E-state index contributed by atoms with van der Waals surface area (Å²) < 4.78 is 0. The molecule has 1 aromatic heterocycles. The van der Waals surface area contributed by atoms with Crippen LogP contribution in [0.5, 0.6) is 0 Å². The third-order valence-corrected chi connectivity index (χ3v) is 3.57. The van der Waals surface area contributed by atoms with Gasteiger partial charge in [-0.2, -0.15) is 0 Å². The predicted octanol–water partition coefficient (Wildman–Crippen LogP) is 2.64. The number of rotatable bonds is 4. The molecule has 0 spiro atoms. The lowest BCUT2D eigenvalue weighted by Gasteiger charge is -2.33. The molecule has 0 aromatic carbocycles. The van der Waals surface area contributed by atoms with Gasteiger partial charge in [-0.05, 0) is 31.3 Å². The first-order valence-corrected chi connectivity index (χ1v) is 8.29. The van der Waals surface area contributed by atoms with Gasteiger partial charge in [-0.25, -0.2) is 9.97 Å². The second kappa shape index (κ2) is 11.3. The van der Waals surface area contributed by atoms with Crippen LogP contribution in [0.15, 0.2) is 12.4 Å². The van der Waals surface area contributed by atoms with Gasteiger partial charge in [-0.15, -0.1) is 0 Å². The maximum Gasteiger partial charge on any atom is 0.191 e. The van der Waals surface area contributed by atoms with E-state index in [9.17, 15) is 4.79 Å². The number of hydrogen-bond donors (Lipinski definition) is 2. The average molecular weight is 309 g/mol. The fourth-order valence-electron chi connectivity index (χ4n) is 2.27. The normalized spacial score (nSPS) is 15.7. The highest BCUT2D eigenvalue weighted by molar-refractivity contribution is 5.96. The average Bonchev–Trinajstić information content (AvgIpc) is 2.59. The number of aromatic nitrogens is 2. The van der Waals surface area contributed by atoms with Gasteiger partial charge in [0.15, 0.2) is 5.78 Å². The monoisotopic (exact) mass is 309 g/mol. The van der Waals surface area contributed by atoms with Crippen LogP contribution in [0.25, 0.3) is 0 Å². The maximum atomic E-state index is 11.2. The minimum Gasteiger partial charge on any atom is -0.388 e. The van der Waals surface area contributed by atoms with Crippen LogP contribution in [0.2, 0.25) is 0 Å². The smallest absolute Gasteiger partial charge is 0.191 e. The van der Waals surface area contributed by atoms with Crippen LogP contribution in [0.1, 0.15) is 63.6 Å². The van der Waals surface area contributed by atoms with Crippen LogP contribution < -0.4 is 5.32 Å². The number of carbonyl (C=O) groups excluding carboxylic acids is 1. The zero-order valence-corrected chi connectivity index (χ0v) is 14.6. The number of nitrogens with zero attached hydrogens (tertiary/aromatic N) is 2. The van der Waals surface area contributed by atoms with Crippen molar-refractivity contribution in [3.8, 4) is 0 Å². The van der Waals surface area contributed by atoms with Crippen molar-refractivity contribution in [2.24, 2.45) is 5.41 Å². The van der Waals surface area contributed by atoms with E-state index >= 15 is 0 Å². The van der Waals surface area contributed by atoms with E-state index in [1.165, 1.54) is 12.4 Å². The highest BCUT2D eigenvalue weighted by Crippen LogP contribution is 2.30. The Balaban J connectivity index is 0.00000102. The van der Waals surface area contributed by atoms with Gasteiger partial charge < -0.3 is 10.4 Å². The quantitative estimate of drug-likeness (QED) is 0.836. The second-order valence-electron chi connectivity index (χ2n) is 5.21. The van der Waals surface area contributed by atoms with Crippen LogP contribution in [-0.4, -0.2) is 40.6 Å². The van der Waals surface area contributed by atoms with Crippen LogP contribution >= 0.6 is 0 Å². The molecular weight excluding hydrogens is 278 g/mol. The summed E-state index contributed by atoms with van der Waals surface area (Å²) in [6.45, 7) is 11.8. The summed E-state index contributed by atoms with van der Waals surface area (Å²) in [5, 5.41) is 12.1. The Kier molecular flexibility index (Phi) is 10.6. The highest BCUT2D eigenvalue weighted by atomic mass is 16.3. The van der Waals surface area contributed by atoms with Crippen molar-refractivity contribution in [3.63, 3.8) is 0 Å². The lowest BCUT2D eigenvalue weighted by molar-refractivity contribution is 0.0903. The lowest BCUT2D eigenvalue weighted by atomic mass is 9.78. The van der Waals surface area contributed by atoms with E-state index < -0.39 is 6.61 Å². The summed E-state index contributed by atoms with van der Waals surface area (Å²) in [4.78, 5) is 19.7. The Morgan fingerprint density at radius 1 is 1.18 bits per heavy atom. The van der Waals surface area contributed by atoms with Crippen molar-refractivity contribution in [1.82, 2.24) is 15.3 Å². The van der Waals surface area contributed by atoms with Crippen molar-refractivity contribution in [3.05, 3.63) is 23.8 Å². The van der Waals surface area contributed by atoms with E-state index in [0.29, 0.717) is 5.56 Å². The maximum absolute atomic E-state index is 11.2. The molecule has 2 rings (SSSR count). The van der Waals surface area contributed by atoms with Crippen LogP contribution in [0.4, 0.5) is 0 Å². The van der Waals surface area contributed by atoms with E-state index in [-0.39, 0.29) is 11.2 Å². The third kappa shape index (κ3) is 6.62. The first-order valence-electron chi connectivity index (χ1n) is 8.29. The number of aliphatic hydroxyl groups is 1. The van der Waals surface area contributed by atoms with E-state index in [2.05, 4.69) is 22.2 Å². The fraction of sp³-hybridized carbons (Fsp3) is 0.706. The zero-order chi connectivity index (χ0) is 17.0. The zero-order valence-electron chi connectivity index (χ0n) is 14.6. The third-order valence-electron chi connectivity index (χ3n) is 3.57. The number of nitrogens with one attached hydrogen (secondary N) is 1. The second-order valence-corrected chi connectivity index (χ2v) is 5.21. The molecule has 2 N–H and O–H groups in total. The topological polar surface area (TPSA) is 75.1 Å². The molecule has 1 aromatic rings. The van der Waals surface area contributed by atoms with E-state index in [4.69, 9.17) is 5.11 Å². The van der Waals surface area contributed by atoms with Gasteiger partial charge in [0.1, 0.15) is 12.4 Å². The summed E-state index contributed by atoms with van der Waals surface area (Å²) in [5.41, 5.74) is 0.616. The molecule has 2 heterocycles. The number of aliphatic hydroxyl groups excluding tert-OH is 1. The molecule has 1 aliphatic heterocycles. The molecule has 5 nitrogen and oxygen atoms in total. The fourth-order valence-corrected chi connectivity index (χ4v) is 2.27. The van der Waals surface area contributed by atoms with E-state index in [1.54, 1.807) is 0 Å². The van der Waals surface area contributed by atoms with Gasteiger partial charge >= 0.3 is 0 Å². The predicted molar refractivity (Wildman–Crippen MR) is 90.1 cm³/mol. The Bertz CT molecular complexity index is 412. The molecule has 0 radical (unpaired) electrons. The number of ketones is 1. The molecule has 0 amide bonds. The van der Waals surface area contributed by atoms with Crippen molar-refractivity contribution in [1.29, 1.82) is 0 Å². The lowest BCUT2D eigenvalue weighted by Crippen LogP contribution is -2.36. The van der Waals surface area contributed by atoms with Gasteiger partial charge in [0.2, 0.25) is 0 Å². The number of piperidine rings is 1. The molecule has 0 saturated carbocycles. The molecule has 5 heteroatoms. The SMILES string of the molecule is CC.CC.CC1(Cc2ncc(C(=O)CO)cn2)CCNCC1. The standard InChI is InChI=1S/C13H19N3O2.2C2H6/c1-13(2-4-14-5-3-13)6-12-15-7-10(8-16-12)11(18)9-17;2*1-2/h7-8,14,17H,2-6,9H2,1H3;2*1-2H3. The van der Waals surface area contributed by atoms with Crippen LogP contribution in [0.3, 0.4) is 0 Å². The molecule has 22 heavy (non-hydrogen) atoms. The van der Waals surface area contributed by atoms with E-state index in [0.717, 1.165) is 38.2 Å². The summed E-state index contributed by atoms with van der Waals surface area (Å²) in [5.74, 6) is 0.434.